The Morgan fingerprint density at radius 2 is 2.08 bits per heavy atom. The molecule has 1 heterocycles. The molecule has 6 heteroatoms. The minimum absolute atomic E-state index is 0.112. The summed E-state index contributed by atoms with van der Waals surface area (Å²) in [6.07, 6.45) is 0.0356. The zero-order chi connectivity index (χ0) is 9.84. The smallest absolute Gasteiger partial charge is 0.325 e. The van der Waals surface area contributed by atoms with Crippen LogP contribution < -0.4 is 11.2 Å². The first kappa shape index (κ1) is 9.24. The predicted molar refractivity (Wildman–Crippen MR) is 43.6 cm³/mol. The number of hydrogen-bond donors (Lipinski definition) is 3. The summed E-state index contributed by atoms with van der Waals surface area (Å²) in [6, 6.07) is 1.17. The molecule has 0 aliphatic carbocycles. The number of carboxylic acid groups (broad SMARTS) is 1. The van der Waals surface area contributed by atoms with Crippen molar-refractivity contribution in [2.24, 2.45) is 0 Å². The van der Waals surface area contributed by atoms with Crippen molar-refractivity contribution in [3.8, 4) is 0 Å². The highest BCUT2D eigenvalue weighted by molar-refractivity contribution is 5.66. The molecule has 0 aliphatic rings. The maximum atomic E-state index is 10.7. The molecule has 0 unspecified atom stereocenters. The topological polar surface area (TPSA) is 103 Å². The first-order valence-corrected chi connectivity index (χ1v) is 3.62. The van der Waals surface area contributed by atoms with Gasteiger partial charge in [-0.1, -0.05) is 0 Å². The number of nitrogens with one attached hydrogen (secondary N) is 2. The molecule has 13 heavy (non-hydrogen) atoms. The molecule has 0 atom stereocenters. The number of H-pyrrole nitrogens is 2. The average molecular weight is 184 g/mol. The van der Waals surface area contributed by atoms with E-state index in [1.54, 1.807) is 0 Å². The number of hydrogen-bond acceptors (Lipinski definition) is 3. The van der Waals surface area contributed by atoms with Gasteiger partial charge in [0.25, 0.3) is 5.56 Å². The van der Waals surface area contributed by atoms with E-state index in [9.17, 15) is 14.4 Å². The summed E-state index contributed by atoms with van der Waals surface area (Å²) >= 11 is 0. The molecular weight excluding hydrogens is 176 g/mol. The van der Waals surface area contributed by atoms with Gasteiger partial charge in [-0.05, 0) is 6.42 Å². The zero-order valence-electron chi connectivity index (χ0n) is 6.66. The Bertz CT molecular complexity index is 389. The molecule has 0 saturated heterocycles. The first-order valence-electron chi connectivity index (χ1n) is 3.62. The van der Waals surface area contributed by atoms with Gasteiger partial charge in [-0.15, -0.1) is 0 Å². The van der Waals surface area contributed by atoms with Crippen LogP contribution in [-0.4, -0.2) is 21.0 Å². The van der Waals surface area contributed by atoms with Crippen LogP contribution in [0.25, 0.3) is 0 Å². The van der Waals surface area contributed by atoms with Gasteiger partial charge in [0.1, 0.15) is 0 Å². The molecule has 3 N–H and O–H groups in total. The van der Waals surface area contributed by atoms with Gasteiger partial charge in [0, 0.05) is 11.8 Å². The summed E-state index contributed by atoms with van der Waals surface area (Å²) in [5.41, 5.74) is -0.812. The van der Waals surface area contributed by atoms with Crippen LogP contribution in [0, 0.1) is 0 Å². The van der Waals surface area contributed by atoms with Crippen LogP contribution in [0.1, 0.15) is 12.1 Å². The van der Waals surface area contributed by atoms with Crippen LogP contribution in [0.2, 0.25) is 0 Å². The van der Waals surface area contributed by atoms with Gasteiger partial charge in [0.2, 0.25) is 0 Å². The number of aryl methyl sites for hydroxylation is 1. The highest BCUT2D eigenvalue weighted by Gasteiger charge is 2.00. The Hall–Kier alpha value is -1.85. The van der Waals surface area contributed by atoms with Crippen LogP contribution in [0.4, 0.5) is 0 Å². The normalized spacial score (nSPS) is 9.85. The van der Waals surface area contributed by atoms with Gasteiger partial charge in [0.15, 0.2) is 0 Å². The number of aromatic amines is 2. The Balaban J connectivity index is 2.84. The largest absolute Gasteiger partial charge is 0.481 e. The zero-order valence-corrected chi connectivity index (χ0v) is 6.66. The van der Waals surface area contributed by atoms with Gasteiger partial charge in [-0.25, -0.2) is 4.79 Å². The predicted octanol–water partition coefficient (Wildman–Crippen LogP) is -0.920. The Kier molecular flexibility index (Phi) is 2.63. The van der Waals surface area contributed by atoms with Crippen LogP contribution in [0.3, 0.4) is 0 Å². The Morgan fingerprint density at radius 3 is 2.62 bits per heavy atom. The number of aliphatic carboxylic acids is 1. The molecular formula is C7H8N2O4. The average Bonchev–Trinajstić information content (AvgIpc) is 1.99. The second-order valence-corrected chi connectivity index (χ2v) is 2.51. The van der Waals surface area contributed by atoms with Gasteiger partial charge in [-0.3, -0.25) is 14.6 Å². The van der Waals surface area contributed by atoms with Crippen LogP contribution in [0.5, 0.6) is 0 Å². The van der Waals surface area contributed by atoms with Crippen LogP contribution in [-0.2, 0) is 11.2 Å². The quantitative estimate of drug-likeness (QED) is 0.565. The Labute approximate surface area is 72.2 Å². The van der Waals surface area contributed by atoms with Crippen molar-refractivity contribution in [1.29, 1.82) is 0 Å². The number of aromatic nitrogens is 2. The van der Waals surface area contributed by atoms with E-state index in [0.29, 0.717) is 5.69 Å². The summed E-state index contributed by atoms with van der Waals surface area (Å²) in [5, 5.41) is 8.34. The lowest BCUT2D eigenvalue weighted by atomic mass is 10.2. The molecule has 1 aromatic rings. The van der Waals surface area contributed by atoms with Gasteiger partial charge < -0.3 is 10.1 Å². The summed E-state index contributed by atoms with van der Waals surface area (Å²) in [7, 11) is 0. The molecule has 70 valence electrons. The third-order valence-electron chi connectivity index (χ3n) is 1.42. The summed E-state index contributed by atoms with van der Waals surface area (Å²) in [5.74, 6) is -0.971. The van der Waals surface area contributed by atoms with Crippen molar-refractivity contribution in [2.45, 2.75) is 12.8 Å². The van der Waals surface area contributed by atoms with Gasteiger partial charge in [-0.2, -0.15) is 0 Å². The molecule has 0 saturated carbocycles. The first-order chi connectivity index (χ1) is 6.08. The van der Waals surface area contributed by atoms with E-state index >= 15 is 0 Å². The second-order valence-electron chi connectivity index (χ2n) is 2.51. The third-order valence-corrected chi connectivity index (χ3v) is 1.42. The van der Waals surface area contributed by atoms with Crippen molar-refractivity contribution in [3.05, 3.63) is 32.6 Å². The lowest BCUT2D eigenvalue weighted by Gasteiger charge is -1.95. The lowest BCUT2D eigenvalue weighted by molar-refractivity contribution is -0.136. The van der Waals surface area contributed by atoms with E-state index in [2.05, 4.69) is 4.98 Å². The van der Waals surface area contributed by atoms with Crippen molar-refractivity contribution in [2.75, 3.05) is 0 Å². The molecule has 0 fully saturated rings. The molecule has 6 nitrogen and oxygen atoms in total. The minimum atomic E-state index is -0.971. The number of carbonyl (C=O) groups is 1. The van der Waals surface area contributed by atoms with Crippen molar-refractivity contribution in [1.82, 2.24) is 9.97 Å². The standard InChI is InChI=1S/C7H8N2O4/c10-5-3-4(1-2-6(11)12)8-7(13)9-5/h3H,1-2H2,(H,11,12)(H2,8,9,10,13). The molecule has 0 spiro atoms. The molecule has 0 aliphatic heterocycles. The van der Waals surface area contributed by atoms with Crippen molar-refractivity contribution >= 4 is 5.97 Å². The van der Waals surface area contributed by atoms with E-state index in [1.807, 2.05) is 4.98 Å². The van der Waals surface area contributed by atoms with E-state index in [1.165, 1.54) is 6.07 Å². The monoisotopic (exact) mass is 184 g/mol. The molecule has 0 radical (unpaired) electrons. The number of carboxylic acids is 1. The van der Waals surface area contributed by atoms with Crippen LogP contribution >= 0.6 is 0 Å². The van der Waals surface area contributed by atoms with E-state index in [0.717, 1.165) is 0 Å². The third kappa shape index (κ3) is 2.94. The summed E-state index contributed by atoms with van der Waals surface area (Å²) < 4.78 is 0. The van der Waals surface area contributed by atoms with E-state index in [-0.39, 0.29) is 12.8 Å². The summed E-state index contributed by atoms with van der Waals surface area (Å²) in [6.45, 7) is 0. The van der Waals surface area contributed by atoms with Gasteiger partial charge in [0.05, 0.1) is 6.42 Å². The van der Waals surface area contributed by atoms with E-state index in [4.69, 9.17) is 5.11 Å². The maximum Gasteiger partial charge on any atom is 0.325 e. The van der Waals surface area contributed by atoms with Crippen molar-refractivity contribution < 1.29 is 9.90 Å². The SMILES string of the molecule is O=C(O)CCc1cc(=O)[nH]c(=O)[nH]1. The Morgan fingerprint density at radius 1 is 1.38 bits per heavy atom. The molecule has 0 aromatic carbocycles. The van der Waals surface area contributed by atoms with Crippen LogP contribution in [0.15, 0.2) is 15.7 Å². The molecule has 1 aromatic heterocycles. The fourth-order valence-corrected chi connectivity index (χ4v) is 0.896. The van der Waals surface area contributed by atoms with E-state index < -0.39 is 17.2 Å². The fourth-order valence-electron chi connectivity index (χ4n) is 0.896. The molecule has 1 rings (SSSR count). The van der Waals surface area contributed by atoms with Gasteiger partial charge >= 0.3 is 11.7 Å². The lowest BCUT2D eigenvalue weighted by Crippen LogP contribution is -2.23. The fraction of sp³-hybridized carbons (Fsp3) is 0.286. The minimum Gasteiger partial charge on any atom is -0.481 e. The van der Waals surface area contributed by atoms with Crippen molar-refractivity contribution in [3.63, 3.8) is 0 Å². The second kappa shape index (κ2) is 3.70. The highest BCUT2D eigenvalue weighted by atomic mass is 16.4. The molecule has 0 amide bonds. The summed E-state index contributed by atoms with van der Waals surface area (Å²) in [4.78, 5) is 35.9. The molecule has 0 bridgehead atoms. The number of rotatable bonds is 3. The maximum absolute atomic E-state index is 10.7. The highest BCUT2D eigenvalue weighted by Crippen LogP contribution is 1.92.